The van der Waals surface area contributed by atoms with Crippen LogP contribution in [0.15, 0.2) is 30.3 Å². The number of amides is 2. The zero-order valence-electron chi connectivity index (χ0n) is 12.1. The number of ether oxygens (including phenoxy) is 2. The first-order valence-corrected chi connectivity index (χ1v) is 6.97. The molecule has 0 saturated carbocycles. The van der Waals surface area contributed by atoms with E-state index in [-0.39, 0.29) is 24.7 Å². The Morgan fingerprint density at radius 2 is 1.90 bits per heavy atom. The van der Waals surface area contributed by atoms with Crippen molar-refractivity contribution < 1.29 is 19.1 Å². The number of carbonyl (C=O) groups excluding carboxylic acids is 2. The van der Waals surface area contributed by atoms with Crippen LogP contribution in [0.1, 0.15) is 12.8 Å². The number of benzene rings is 1. The second-order valence-corrected chi connectivity index (χ2v) is 4.93. The molecule has 6 heteroatoms. The second-order valence-electron chi connectivity index (χ2n) is 4.93. The summed E-state index contributed by atoms with van der Waals surface area (Å²) in [6.07, 6.45) is 1.23. The minimum absolute atomic E-state index is 0.0203. The van der Waals surface area contributed by atoms with Gasteiger partial charge in [-0.05, 0) is 25.0 Å². The van der Waals surface area contributed by atoms with Crippen molar-refractivity contribution in [1.29, 1.82) is 0 Å². The maximum Gasteiger partial charge on any atom is 0.321 e. The molecule has 1 saturated heterocycles. The van der Waals surface area contributed by atoms with Crippen molar-refractivity contribution in [2.24, 2.45) is 5.92 Å². The quantitative estimate of drug-likeness (QED) is 0.681. The Balaban J connectivity index is 1.78. The van der Waals surface area contributed by atoms with Gasteiger partial charge in [-0.2, -0.15) is 0 Å². The molecule has 21 heavy (non-hydrogen) atoms. The van der Waals surface area contributed by atoms with Crippen LogP contribution in [0, 0.1) is 5.92 Å². The maximum absolute atomic E-state index is 12.1. The van der Waals surface area contributed by atoms with E-state index in [0.29, 0.717) is 25.9 Å². The van der Waals surface area contributed by atoms with Gasteiger partial charge in [0.2, 0.25) is 0 Å². The third-order valence-corrected chi connectivity index (χ3v) is 3.46. The minimum Gasteiger partial charge on any atom is -0.438 e. The molecule has 2 amide bonds. The molecule has 0 radical (unpaired) electrons. The van der Waals surface area contributed by atoms with Crippen molar-refractivity contribution in [3.8, 4) is 0 Å². The summed E-state index contributed by atoms with van der Waals surface area (Å²) in [5.41, 5.74) is 0.768. The number of methoxy groups -OCH3 is 1. The summed E-state index contributed by atoms with van der Waals surface area (Å²) >= 11 is 0. The SMILES string of the molecule is COCOC(=O)C1CCN(C(=O)Nc2ccccc2)CC1. The zero-order valence-corrected chi connectivity index (χ0v) is 12.1. The van der Waals surface area contributed by atoms with E-state index in [2.05, 4.69) is 5.32 Å². The predicted octanol–water partition coefficient (Wildman–Crippen LogP) is 2.08. The molecule has 6 nitrogen and oxygen atoms in total. The standard InChI is InChI=1S/C15H20N2O4/c1-20-11-21-14(18)12-7-9-17(10-8-12)15(19)16-13-5-3-2-4-6-13/h2-6,12H,7-11H2,1H3,(H,16,19). The number of urea groups is 1. The summed E-state index contributed by atoms with van der Waals surface area (Å²) in [6, 6.07) is 9.18. The van der Waals surface area contributed by atoms with Crippen LogP contribution in [0.4, 0.5) is 10.5 Å². The molecule has 1 fully saturated rings. The molecule has 0 bridgehead atoms. The van der Waals surface area contributed by atoms with Crippen LogP contribution >= 0.6 is 0 Å². The van der Waals surface area contributed by atoms with E-state index in [0.717, 1.165) is 5.69 Å². The first kappa shape index (κ1) is 15.3. The van der Waals surface area contributed by atoms with Crippen molar-refractivity contribution in [3.05, 3.63) is 30.3 Å². The molecule has 0 spiro atoms. The number of carbonyl (C=O) groups is 2. The Kier molecular flexibility index (Phi) is 5.57. The fraction of sp³-hybridized carbons (Fsp3) is 0.467. The first-order chi connectivity index (χ1) is 10.2. The molecular formula is C15H20N2O4. The Labute approximate surface area is 124 Å². The average molecular weight is 292 g/mol. The Morgan fingerprint density at radius 3 is 2.52 bits per heavy atom. The van der Waals surface area contributed by atoms with Gasteiger partial charge >= 0.3 is 12.0 Å². The van der Waals surface area contributed by atoms with Gasteiger partial charge in [0.25, 0.3) is 0 Å². The van der Waals surface area contributed by atoms with E-state index < -0.39 is 0 Å². The Hall–Kier alpha value is -2.08. The van der Waals surface area contributed by atoms with E-state index in [1.54, 1.807) is 4.90 Å². The lowest BCUT2D eigenvalue weighted by molar-refractivity contribution is -0.160. The highest BCUT2D eigenvalue weighted by atomic mass is 16.7. The topological polar surface area (TPSA) is 67.9 Å². The number of likely N-dealkylation sites (tertiary alicyclic amines) is 1. The molecule has 1 N–H and O–H groups in total. The minimum atomic E-state index is -0.250. The van der Waals surface area contributed by atoms with Crippen LogP contribution in [0.3, 0.4) is 0 Å². The van der Waals surface area contributed by atoms with Crippen LogP contribution < -0.4 is 5.32 Å². The number of rotatable bonds is 4. The lowest BCUT2D eigenvalue weighted by Gasteiger charge is -2.30. The Bertz CT molecular complexity index is 470. The second kappa shape index (κ2) is 7.64. The van der Waals surface area contributed by atoms with Gasteiger partial charge in [-0.3, -0.25) is 4.79 Å². The van der Waals surface area contributed by atoms with Crippen molar-refractivity contribution in [2.75, 3.05) is 32.3 Å². The summed E-state index contributed by atoms with van der Waals surface area (Å²) in [7, 11) is 1.48. The van der Waals surface area contributed by atoms with E-state index in [1.807, 2.05) is 30.3 Å². The highest BCUT2D eigenvalue weighted by molar-refractivity contribution is 5.89. The van der Waals surface area contributed by atoms with Crippen molar-refractivity contribution >= 4 is 17.7 Å². The van der Waals surface area contributed by atoms with E-state index >= 15 is 0 Å². The number of nitrogens with zero attached hydrogens (tertiary/aromatic N) is 1. The molecule has 0 atom stereocenters. The molecule has 1 aliphatic rings. The smallest absolute Gasteiger partial charge is 0.321 e. The third-order valence-electron chi connectivity index (χ3n) is 3.46. The number of nitrogens with one attached hydrogen (secondary N) is 1. The molecule has 0 aliphatic carbocycles. The van der Waals surface area contributed by atoms with Gasteiger partial charge in [0.15, 0.2) is 6.79 Å². The zero-order chi connectivity index (χ0) is 15.1. The average Bonchev–Trinajstić information content (AvgIpc) is 2.53. The summed E-state index contributed by atoms with van der Waals surface area (Å²) in [4.78, 5) is 25.5. The van der Waals surface area contributed by atoms with Gasteiger partial charge in [0, 0.05) is 25.9 Å². The van der Waals surface area contributed by atoms with Crippen molar-refractivity contribution in [1.82, 2.24) is 4.90 Å². The van der Waals surface area contributed by atoms with Gasteiger partial charge in [-0.15, -0.1) is 0 Å². The van der Waals surface area contributed by atoms with Crippen molar-refractivity contribution in [3.63, 3.8) is 0 Å². The van der Waals surface area contributed by atoms with E-state index in [1.165, 1.54) is 7.11 Å². The number of hydrogen-bond acceptors (Lipinski definition) is 4. The van der Waals surface area contributed by atoms with Crippen LogP contribution in [0.5, 0.6) is 0 Å². The molecule has 114 valence electrons. The maximum atomic E-state index is 12.1. The molecule has 2 rings (SSSR count). The fourth-order valence-corrected chi connectivity index (χ4v) is 2.28. The van der Waals surface area contributed by atoms with Crippen molar-refractivity contribution in [2.45, 2.75) is 12.8 Å². The largest absolute Gasteiger partial charge is 0.438 e. The van der Waals surface area contributed by atoms with E-state index in [4.69, 9.17) is 9.47 Å². The summed E-state index contributed by atoms with van der Waals surface area (Å²) in [5, 5.41) is 2.84. The molecule has 1 aromatic carbocycles. The van der Waals surface area contributed by atoms with Crippen LogP contribution in [-0.4, -0.2) is 43.9 Å². The first-order valence-electron chi connectivity index (χ1n) is 6.97. The highest BCUT2D eigenvalue weighted by Gasteiger charge is 2.28. The number of piperidine rings is 1. The van der Waals surface area contributed by atoms with Gasteiger partial charge in [0.1, 0.15) is 0 Å². The normalized spacial score (nSPS) is 15.6. The highest BCUT2D eigenvalue weighted by Crippen LogP contribution is 2.19. The lowest BCUT2D eigenvalue weighted by atomic mass is 9.97. The number of esters is 1. The number of para-hydroxylation sites is 1. The fourth-order valence-electron chi connectivity index (χ4n) is 2.28. The molecule has 0 aromatic heterocycles. The van der Waals surface area contributed by atoms with E-state index in [9.17, 15) is 9.59 Å². The van der Waals surface area contributed by atoms with Crippen LogP contribution in [0.2, 0.25) is 0 Å². The van der Waals surface area contributed by atoms with Crippen LogP contribution in [0.25, 0.3) is 0 Å². The molecule has 1 aliphatic heterocycles. The van der Waals surface area contributed by atoms with Gasteiger partial charge in [-0.1, -0.05) is 18.2 Å². The molecule has 0 unspecified atom stereocenters. The number of hydrogen-bond donors (Lipinski definition) is 1. The Morgan fingerprint density at radius 1 is 1.24 bits per heavy atom. The molecule has 1 aromatic rings. The summed E-state index contributed by atoms with van der Waals surface area (Å²) in [5.74, 6) is -0.402. The molecular weight excluding hydrogens is 272 g/mol. The summed E-state index contributed by atoms with van der Waals surface area (Å²) in [6.45, 7) is 1.07. The molecule has 1 heterocycles. The lowest BCUT2D eigenvalue weighted by Crippen LogP contribution is -2.42. The van der Waals surface area contributed by atoms with Gasteiger partial charge < -0.3 is 19.7 Å². The third kappa shape index (κ3) is 4.46. The monoisotopic (exact) mass is 292 g/mol. The summed E-state index contributed by atoms with van der Waals surface area (Å²) < 4.78 is 9.65. The van der Waals surface area contributed by atoms with Crippen LogP contribution in [-0.2, 0) is 14.3 Å². The van der Waals surface area contributed by atoms with Gasteiger partial charge in [-0.25, -0.2) is 4.79 Å². The van der Waals surface area contributed by atoms with Gasteiger partial charge in [0.05, 0.1) is 5.92 Å². The predicted molar refractivity (Wildman–Crippen MR) is 77.7 cm³/mol. The number of anilines is 1.